The van der Waals surface area contributed by atoms with Crippen molar-refractivity contribution in [3.05, 3.63) is 0 Å². The van der Waals surface area contributed by atoms with Crippen molar-refractivity contribution in [2.75, 3.05) is 46.0 Å². The van der Waals surface area contributed by atoms with Crippen molar-refractivity contribution in [1.29, 1.82) is 0 Å². The van der Waals surface area contributed by atoms with Gasteiger partial charge in [-0.3, -0.25) is 9.69 Å². The fraction of sp³-hybridized carbons (Fsp3) is 0.923. The van der Waals surface area contributed by atoms with Gasteiger partial charge in [0.15, 0.2) is 0 Å². The average molecular weight is 301 g/mol. The van der Waals surface area contributed by atoms with Gasteiger partial charge in [0, 0.05) is 39.3 Å². The summed E-state index contributed by atoms with van der Waals surface area (Å²) in [5.74, 6) is 0.871. The van der Waals surface area contributed by atoms with E-state index in [4.69, 9.17) is 0 Å². The number of nitrogens with zero attached hydrogens (tertiary/aromatic N) is 3. The van der Waals surface area contributed by atoms with E-state index < -0.39 is 10.0 Å². The zero-order valence-corrected chi connectivity index (χ0v) is 13.0. The molecule has 3 heterocycles. The molecule has 0 radical (unpaired) electrons. The molecule has 114 valence electrons. The minimum absolute atomic E-state index is 0.167. The normalized spacial score (nSPS) is 33.3. The summed E-state index contributed by atoms with van der Waals surface area (Å²) in [6.07, 6.45) is 3.35. The zero-order valence-electron chi connectivity index (χ0n) is 12.2. The van der Waals surface area contributed by atoms with Crippen LogP contribution in [0.2, 0.25) is 0 Å². The van der Waals surface area contributed by atoms with Crippen molar-refractivity contribution in [1.82, 2.24) is 14.1 Å². The van der Waals surface area contributed by atoms with E-state index in [1.54, 1.807) is 0 Å². The first-order chi connectivity index (χ1) is 9.36. The van der Waals surface area contributed by atoms with Crippen LogP contribution in [0.15, 0.2) is 0 Å². The molecule has 20 heavy (non-hydrogen) atoms. The minimum atomic E-state index is -3.02. The van der Waals surface area contributed by atoms with Crippen LogP contribution < -0.4 is 0 Å². The van der Waals surface area contributed by atoms with Gasteiger partial charge in [-0.1, -0.05) is 0 Å². The van der Waals surface area contributed by atoms with Crippen molar-refractivity contribution >= 4 is 15.9 Å². The van der Waals surface area contributed by atoms with Gasteiger partial charge in [-0.2, -0.15) is 0 Å². The number of carbonyl (C=O) groups excluding carboxylic acids is 1. The fourth-order valence-electron chi connectivity index (χ4n) is 3.78. The molecule has 0 N–H and O–H groups in total. The molecule has 0 saturated carbocycles. The summed E-state index contributed by atoms with van der Waals surface area (Å²) in [6.45, 7) is 4.06. The first kappa shape index (κ1) is 14.3. The van der Waals surface area contributed by atoms with Crippen molar-refractivity contribution in [2.45, 2.75) is 18.9 Å². The highest BCUT2D eigenvalue weighted by Crippen LogP contribution is 2.32. The van der Waals surface area contributed by atoms with E-state index in [1.807, 2.05) is 11.9 Å². The van der Waals surface area contributed by atoms with Gasteiger partial charge < -0.3 is 4.90 Å². The van der Waals surface area contributed by atoms with Gasteiger partial charge >= 0.3 is 0 Å². The van der Waals surface area contributed by atoms with Crippen LogP contribution in [0.3, 0.4) is 0 Å². The van der Waals surface area contributed by atoms with Crippen LogP contribution in [-0.4, -0.2) is 80.5 Å². The Labute approximate surface area is 120 Å². The van der Waals surface area contributed by atoms with E-state index in [9.17, 15) is 13.2 Å². The molecule has 0 aromatic carbocycles. The highest BCUT2D eigenvalue weighted by atomic mass is 32.2. The smallest absolute Gasteiger partial charge is 0.227 e. The molecular weight excluding hydrogens is 278 g/mol. The third-order valence-electron chi connectivity index (χ3n) is 4.93. The third-order valence-corrected chi connectivity index (χ3v) is 6.17. The fourth-order valence-corrected chi connectivity index (χ4v) is 4.74. The molecule has 0 aromatic rings. The summed E-state index contributed by atoms with van der Waals surface area (Å²) in [6, 6.07) is 0.341. The number of sulfonamides is 1. The molecule has 3 saturated heterocycles. The predicted molar refractivity (Wildman–Crippen MR) is 75.6 cm³/mol. The molecule has 0 unspecified atom stereocenters. The highest BCUT2D eigenvalue weighted by molar-refractivity contribution is 7.88. The Balaban J connectivity index is 1.58. The van der Waals surface area contributed by atoms with Gasteiger partial charge in [0.25, 0.3) is 0 Å². The van der Waals surface area contributed by atoms with Gasteiger partial charge in [-0.05, 0) is 25.3 Å². The number of fused-ring (bicyclic) bond motifs is 1. The number of hydrogen-bond acceptors (Lipinski definition) is 4. The van der Waals surface area contributed by atoms with Crippen LogP contribution in [0.4, 0.5) is 0 Å². The lowest BCUT2D eigenvalue weighted by Crippen LogP contribution is -2.56. The zero-order chi connectivity index (χ0) is 14.5. The van der Waals surface area contributed by atoms with Gasteiger partial charge in [0.1, 0.15) is 0 Å². The number of hydrogen-bond donors (Lipinski definition) is 0. The quantitative estimate of drug-likeness (QED) is 0.700. The molecular formula is C13H23N3O3S. The molecule has 2 atom stereocenters. The molecule has 3 aliphatic heterocycles. The molecule has 3 fully saturated rings. The average Bonchev–Trinajstić information content (AvgIpc) is 2.59. The Morgan fingerprint density at radius 2 is 1.95 bits per heavy atom. The molecule has 0 spiro atoms. The largest absolute Gasteiger partial charge is 0.344 e. The van der Waals surface area contributed by atoms with Crippen molar-refractivity contribution < 1.29 is 13.2 Å². The van der Waals surface area contributed by atoms with E-state index in [-0.39, 0.29) is 11.8 Å². The Bertz CT molecular complexity index is 501. The first-order valence-corrected chi connectivity index (χ1v) is 9.15. The highest BCUT2D eigenvalue weighted by Gasteiger charge is 2.45. The van der Waals surface area contributed by atoms with E-state index >= 15 is 0 Å². The van der Waals surface area contributed by atoms with Crippen LogP contribution >= 0.6 is 0 Å². The summed E-state index contributed by atoms with van der Waals surface area (Å²) >= 11 is 0. The lowest BCUT2D eigenvalue weighted by atomic mass is 9.90. The summed E-state index contributed by atoms with van der Waals surface area (Å²) < 4.78 is 24.3. The van der Waals surface area contributed by atoms with Crippen molar-refractivity contribution in [2.24, 2.45) is 11.8 Å². The summed E-state index contributed by atoms with van der Waals surface area (Å²) in [4.78, 5) is 16.3. The van der Waals surface area contributed by atoms with Crippen molar-refractivity contribution in [3.63, 3.8) is 0 Å². The lowest BCUT2D eigenvalue weighted by Gasteiger charge is -2.43. The van der Waals surface area contributed by atoms with Gasteiger partial charge in [-0.25, -0.2) is 12.7 Å². The summed E-state index contributed by atoms with van der Waals surface area (Å²) in [5.41, 5.74) is 0. The number of likely N-dealkylation sites (tertiary alicyclic amines) is 2. The summed E-state index contributed by atoms with van der Waals surface area (Å²) in [5, 5.41) is 0. The molecule has 3 rings (SSSR count). The second kappa shape index (κ2) is 4.96. The first-order valence-electron chi connectivity index (χ1n) is 7.30. The van der Waals surface area contributed by atoms with Crippen LogP contribution in [0.5, 0.6) is 0 Å². The van der Waals surface area contributed by atoms with E-state index in [0.717, 1.165) is 32.5 Å². The van der Waals surface area contributed by atoms with E-state index in [1.165, 1.54) is 10.6 Å². The Kier molecular flexibility index (Phi) is 3.54. The van der Waals surface area contributed by atoms with E-state index in [2.05, 4.69) is 4.90 Å². The summed E-state index contributed by atoms with van der Waals surface area (Å²) in [7, 11) is -1.14. The van der Waals surface area contributed by atoms with Crippen LogP contribution in [-0.2, 0) is 14.8 Å². The van der Waals surface area contributed by atoms with E-state index in [0.29, 0.717) is 25.0 Å². The number of carbonyl (C=O) groups is 1. The molecule has 1 amide bonds. The Hall–Kier alpha value is -0.660. The monoisotopic (exact) mass is 301 g/mol. The maximum absolute atomic E-state index is 12.0. The maximum atomic E-state index is 12.0. The van der Waals surface area contributed by atoms with Gasteiger partial charge in [0.2, 0.25) is 15.9 Å². The van der Waals surface area contributed by atoms with Crippen LogP contribution in [0.1, 0.15) is 12.8 Å². The molecule has 0 aromatic heterocycles. The Morgan fingerprint density at radius 3 is 2.60 bits per heavy atom. The van der Waals surface area contributed by atoms with Gasteiger partial charge in [-0.15, -0.1) is 0 Å². The lowest BCUT2D eigenvalue weighted by molar-refractivity contribution is -0.131. The van der Waals surface area contributed by atoms with Gasteiger partial charge in [0.05, 0.1) is 12.2 Å². The second-order valence-electron chi connectivity index (χ2n) is 6.48. The number of rotatable bonds is 3. The number of likely N-dealkylation sites (N-methyl/N-ethyl adjacent to an activating group) is 1. The maximum Gasteiger partial charge on any atom is 0.227 e. The minimum Gasteiger partial charge on any atom is -0.344 e. The second-order valence-corrected chi connectivity index (χ2v) is 8.46. The SMILES string of the molecule is CN1C[C@@H]2[C@@H](CCCN2CC2CN(S(C)(=O)=O)C2)C1=O. The van der Waals surface area contributed by atoms with Crippen LogP contribution in [0.25, 0.3) is 0 Å². The topological polar surface area (TPSA) is 60.9 Å². The molecule has 0 bridgehead atoms. The predicted octanol–water partition coefficient (Wildman–Crippen LogP) is -0.570. The molecule has 0 aliphatic carbocycles. The third kappa shape index (κ3) is 2.46. The number of amides is 1. The Morgan fingerprint density at radius 1 is 1.25 bits per heavy atom. The number of piperidine rings is 1. The molecule has 6 nitrogen and oxygen atoms in total. The standard InChI is InChI=1S/C13H23N3O3S/c1-14-9-12-11(13(14)17)4-3-5-15(12)6-10-7-16(8-10)20(2,18)19/h10-12H,3-9H2,1-2H3/t11-,12-/m1/s1. The molecule has 3 aliphatic rings. The van der Waals surface area contributed by atoms with Crippen molar-refractivity contribution in [3.8, 4) is 0 Å². The van der Waals surface area contributed by atoms with Crippen LogP contribution in [0, 0.1) is 11.8 Å². The molecule has 7 heteroatoms.